The average molecular weight is 331 g/mol. The Hall–Kier alpha value is -2.27. The molecule has 1 aromatic heterocycles. The van der Waals surface area contributed by atoms with Crippen LogP contribution in [0.15, 0.2) is 48.3 Å². The van der Waals surface area contributed by atoms with Crippen LogP contribution < -0.4 is 10.9 Å². The summed E-state index contributed by atoms with van der Waals surface area (Å²) in [6.45, 7) is 0. The third-order valence-corrected chi connectivity index (χ3v) is 4.29. The predicted molar refractivity (Wildman–Crippen MR) is 89.9 cm³/mol. The van der Waals surface area contributed by atoms with E-state index >= 15 is 0 Å². The van der Waals surface area contributed by atoms with Crippen molar-refractivity contribution in [2.24, 2.45) is 7.05 Å². The molecule has 3 rings (SSSR count). The number of rotatable bonds is 4. The number of amides is 1. The zero-order valence-electron chi connectivity index (χ0n) is 12.9. The van der Waals surface area contributed by atoms with Crippen LogP contribution in [0.25, 0.3) is 0 Å². The fourth-order valence-corrected chi connectivity index (χ4v) is 3.05. The van der Waals surface area contributed by atoms with Gasteiger partial charge in [0, 0.05) is 18.9 Å². The molecule has 1 aliphatic carbocycles. The molecular formula is C17H19ClN4O. The minimum atomic E-state index is -0.332. The first-order valence-corrected chi connectivity index (χ1v) is 8.01. The standard InChI is InChI=1S/C17H19ClN4O/c1-22-11-15(18)16(21-22)17(23)20-19-14-9-7-13(8-10-14)12-5-3-2-4-6-12/h2-6,9,11,13,19H,7-8,10H2,1H3,(H,20,23). The highest BCUT2D eigenvalue weighted by atomic mass is 35.5. The van der Waals surface area contributed by atoms with Gasteiger partial charge in [0.1, 0.15) is 0 Å². The summed E-state index contributed by atoms with van der Waals surface area (Å²) in [5.74, 6) is 0.212. The lowest BCUT2D eigenvalue weighted by molar-refractivity contribution is 0.0932. The van der Waals surface area contributed by atoms with Gasteiger partial charge in [-0.1, -0.05) is 48.0 Å². The molecule has 0 aliphatic heterocycles. The van der Waals surface area contributed by atoms with Crippen LogP contribution >= 0.6 is 11.6 Å². The van der Waals surface area contributed by atoms with E-state index in [0.717, 1.165) is 25.0 Å². The largest absolute Gasteiger partial charge is 0.303 e. The summed E-state index contributed by atoms with van der Waals surface area (Å²) in [5.41, 5.74) is 8.26. The number of allylic oxidation sites excluding steroid dienone is 2. The second-order valence-corrected chi connectivity index (χ2v) is 6.10. The lowest BCUT2D eigenvalue weighted by Crippen LogP contribution is -2.37. The number of nitrogens with zero attached hydrogens (tertiary/aromatic N) is 2. The number of aryl methyl sites for hydroxylation is 1. The molecule has 1 aromatic carbocycles. The first-order valence-electron chi connectivity index (χ1n) is 7.63. The predicted octanol–water partition coefficient (Wildman–Crippen LogP) is 3.16. The van der Waals surface area contributed by atoms with Gasteiger partial charge in [-0.25, -0.2) is 0 Å². The number of benzene rings is 1. The van der Waals surface area contributed by atoms with E-state index in [9.17, 15) is 4.79 Å². The van der Waals surface area contributed by atoms with E-state index in [1.54, 1.807) is 13.2 Å². The molecule has 2 aromatic rings. The van der Waals surface area contributed by atoms with E-state index in [2.05, 4.69) is 46.3 Å². The molecule has 0 fully saturated rings. The van der Waals surface area contributed by atoms with Crippen LogP contribution in [0.1, 0.15) is 41.2 Å². The van der Waals surface area contributed by atoms with Crippen molar-refractivity contribution in [3.63, 3.8) is 0 Å². The van der Waals surface area contributed by atoms with Gasteiger partial charge in [-0.15, -0.1) is 0 Å². The summed E-state index contributed by atoms with van der Waals surface area (Å²) in [4.78, 5) is 12.0. The van der Waals surface area contributed by atoms with Crippen molar-refractivity contribution in [3.8, 4) is 0 Å². The molecule has 1 heterocycles. The quantitative estimate of drug-likeness (QED) is 0.847. The second kappa shape index (κ2) is 6.87. The minimum absolute atomic E-state index is 0.222. The highest BCUT2D eigenvalue weighted by molar-refractivity contribution is 6.33. The number of carbonyl (C=O) groups excluding carboxylic acids is 1. The highest BCUT2D eigenvalue weighted by Gasteiger charge is 2.18. The number of aromatic nitrogens is 2. The molecule has 0 saturated carbocycles. The Morgan fingerprint density at radius 2 is 2.13 bits per heavy atom. The molecule has 23 heavy (non-hydrogen) atoms. The van der Waals surface area contributed by atoms with Crippen molar-refractivity contribution >= 4 is 17.5 Å². The topological polar surface area (TPSA) is 59.0 Å². The number of carbonyl (C=O) groups is 1. The number of halogens is 1. The van der Waals surface area contributed by atoms with Gasteiger partial charge < -0.3 is 5.43 Å². The Morgan fingerprint density at radius 3 is 2.74 bits per heavy atom. The van der Waals surface area contributed by atoms with E-state index < -0.39 is 0 Å². The van der Waals surface area contributed by atoms with E-state index in [0.29, 0.717) is 10.9 Å². The molecule has 1 aliphatic rings. The average Bonchev–Trinajstić information content (AvgIpc) is 2.92. The summed E-state index contributed by atoms with van der Waals surface area (Å²) in [6, 6.07) is 10.5. The van der Waals surface area contributed by atoms with Crippen LogP contribution in [0.2, 0.25) is 5.02 Å². The van der Waals surface area contributed by atoms with Gasteiger partial charge in [-0.2, -0.15) is 5.10 Å². The van der Waals surface area contributed by atoms with Gasteiger partial charge in [0.2, 0.25) is 0 Å². The first-order chi connectivity index (χ1) is 11.1. The molecule has 0 spiro atoms. The lowest BCUT2D eigenvalue weighted by atomic mass is 9.87. The van der Waals surface area contributed by atoms with Crippen LogP contribution in [0.5, 0.6) is 0 Å². The normalized spacial score (nSPS) is 17.5. The molecule has 0 bridgehead atoms. The van der Waals surface area contributed by atoms with Crippen molar-refractivity contribution in [3.05, 3.63) is 64.6 Å². The smallest absolute Gasteiger partial charge is 0.291 e. The van der Waals surface area contributed by atoms with Crippen molar-refractivity contribution in [1.82, 2.24) is 20.6 Å². The zero-order chi connectivity index (χ0) is 16.2. The van der Waals surface area contributed by atoms with Crippen molar-refractivity contribution in [1.29, 1.82) is 0 Å². The van der Waals surface area contributed by atoms with Crippen LogP contribution in [0.4, 0.5) is 0 Å². The Bertz CT molecular complexity index is 723. The van der Waals surface area contributed by atoms with E-state index in [1.807, 2.05) is 6.07 Å². The van der Waals surface area contributed by atoms with Gasteiger partial charge in [-0.3, -0.25) is 14.9 Å². The van der Waals surface area contributed by atoms with Gasteiger partial charge in [-0.05, 0) is 30.7 Å². The summed E-state index contributed by atoms with van der Waals surface area (Å²) in [5, 5.41) is 4.38. The molecule has 1 atom stereocenters. The van der Waals surface area contributed by atoms with Crippen LogP contribution in [-0.4, -0.2) is 15.7 Å². The monoisotopic (exact) mass is 330 g/mol. The van der Waals surface area contributed by atoms with E-state index in [1.165, 1.54) is 10.2 Å². The summed E-state index contributed by atoms with van der Waals surface area (Å²) in [7, 11) is 1.73. The summed E-state index contributed by atoms with van der Waals surface area (Å²) >= 11 is 5.96. The molecular weight excluding hydrogens is 312 g/mol. The van der Waals surface area contributed by atoms with Crippen molar-refractivity contribution in [2.75, 3.05) is 0 Å². The Labute approximate surface area is 140 Å². The molecule has 0 radical (unpaired) electrons. The van der Waals surface area contributed by atoms with Crippen LogP contribution in [-0.2, 0) is 7.05 Å². The fourth-order valence-electron chi connectivity index (χ4n) is 2.79. The third-order valence-electron chi connectivity index (χ3n) is 4.02. The fraction of sp³-hybridized carbons (Fsp3) is 0.294. The van der Waals surface area contributed by atoms with Gasteiger partial charge >= 0.3 is 0 Å². The van der Waals surface area contributed by atoms with Crippen molar-refractivity contribution < 1.29 is 4.79 Å². The maximum absolute atomic E-state index is 12.0. The zero-order valence-corrected chi connectivity index (χ0v) is 13.7. The minimum Gasteiger partial charge on any atom is -0.303 e. The SMILES string of the molecule is Cn1cc(Cl)c(C(=O)NNC2=CCC(c3ccccc3)CC2)n1. The number of nitrogens with one attached hydrogen (secondary N) is 2. The molecule has 2 N–H and O–H groups in total. The number of hydrazine groups is 1. The Morgan fingerprint density at radius 1 is 1.35 bits per heavy atom. The molecule has 120 valence electrons. The van der Waals surface area contributed by atoms with Gasteiger partial charge in [0.25, 0.3) is 5.91 Å². The molecule has 1 amide bonds. The second-order valence-electron chi connectivity index (χ2n) is 5.69. The highest BCUT2D eigenvalue weighted by Crippen LogP contribution is 2.30. The summed E-state index contributed by atoms with van der Waals surface area (Å²) < 4.78 is 1.52. The third kappa shape index (κ3) is 3.74. The van der Waals surface area contributed by atoms with E-state index in [4.69, 9.17) is 11.6 Å². The molecule has 6 heteroatoms. The number of hydrogen-bond donors (Lipinski definition) is 2. The van der Waals surface area contributed by atoms with Crippen LogP contribution in [0, 0.1) is 0 Å². The lowest BCUT2D eigenvalue weighted by Gasteiger charge is -2.23. The Kier molecular flexibility index (Phi) is 4.67. The Balaban J connectivity index is 1.55. The van der Waals surface area contributed by atoms with Crippen molar-refractivity contribution in [2.45, 2.75) is 25.2 Å². The maximum Gasteiger partial charge on any atom is 0.291 e. The summed E-state index contributed by atoms with van der Waals surface area (Å²) in [6.07, 6.45) is 6.66. The van der Waals surface area contributed by atoms with E-state index in [-0.39, 0.29) is 11.6 Å². The molecule has 0 saturated heterocycles. The first kappa shape index (κ1) is 15.6. The van der Waals surface area contributed by atoms with Gasteiger partial charge in [0.05, 0.1) is 5.02 Å². The maximum atomic E-state index is 12.0. The van der Waals surface area contributed by atoms with Gasteiger partial charge in [0.15, 0.2) is 5.69 Å². The molecule has 5 nitrogen and oxygen atoms in total. The van der Waals surface area contributed by atoms with Crippen LogP contribution in [0.3, 0.4) is 0 Å². The number of hydrogen-bond acceptors (Lipinski definition) is 3. The molecule has 1 unspecified atom stereocenters.